The molecule has 1 N–H and O–H groups in total. The first-order chi connectivity index (χ1) is 8.61. The summed E-state index contributed by atoms with van der Waals surface area (Å²) in [6.07, 6.45) is 4.45. The van der Waals surface area contributed by atoms with Crippen LogP contribution in [0.25, 0.3) is 0 Å². The lowest BCUT2D eigenvalue weighted by Crippen LogP contribution is -2.25. The van der Waals surface area contributed by atoms with Crippen LogP contribution in [-0.2, 0) is 17.6 Å². The van der Waals surface area contributed by atoms with Crippen LogP contribution in [0.3, 0.4) is 0 Å². The van der Waals surface area contributed by atoms with Gasteiger partial charge in [-0.15, -0.1) is 11.3 Å². The van der Waals surface area contributed by atoms with Crippen LogP contribution in [0.2, 0.25) is 0 Å². The summed E-state index contributed by atoms with van der Waals surface area (Å²) >= 11 is 1.55. The molecule has 5 heteroatoms. The predicted molar refractivity (Wildman–Crippen MR) is 71.3 cm³/mol. The lowest BCUT2D eigenvalue weighted by atomic mass is 9.97. The number of carbonyl (C=O) groups excluding carboxylic acids is 1. The minimum Gasteiger partial charge on any atom is -0.301 e. The van der Waals surface area contributed by atoms with Gasteiger partial charge >= 0.3 is 0 Å². The van der Waals surface area contributed by atoms with Crippen LogP contribution in [0.4, 0.5) is 5.13 Å². The van der Waals surface area contributed by atoms with E-state index in [1.54, 1.807) is 11.3 Å². The molecule has 0 saturated heterocycles. The lowest BCUT2D eigenvalue weighted by molar-refractivity contribution is -0.119. The van der Waals surface area contributed by atoms with Crippen LogP contribution in [0.5, 0.6) is 0 Å². The summed E-state index contributed by atoms with van der Waals surface area (Å²) in [5.41, 5.74) is 1.12. The summed E-state index contributed by atoms with van der Waals surface area (Å²) in [6.45, 7) is 3.75. The summed E-state index contributed by atoms with van der Waals surface area (Å²) in [6, 6.07) is 2.05. The Morgan fingerprint density at radius 3 is 2.78 bits per heavy atom. The van der Waals surface area contributed by atoms with Crippen LogP contribution in [0, 0.1) is 23.2 Å². The fraction of sp³-hybridized carbons (Fsp3) is 0.615. The van der Waals surface area contributed by atoms with Gasteiger partial charge in [-0.25, -0.2) is 4.98 Å². The normalized spacial score (nSPS) is 15.9. The SMILES string of the molecule is CC(C)C(C#N)C(=O)Nc1nc2c(s1)CCCC2. The van der Waals surface area contributed by atoms with E-state index in [1.165, 1.54) is 17.7 Å². The standard InChI is InChI=1S/C13H17N3OS/c1-8(2)9(7-14)12(17)16-13-15-10-5-3-4-6-11(10)18-13/h8-9H,3-6H2,1-2H3,(H,15,16,17). The third kappa shape index (κ3) is 2.70. The summed E-state index contributed by atoms with van der Waals surface area (Å²) in [4.78, 5) is 17.7. The van der Waals surface area contributed by atoms with Crippen molar-refractivity contribution in [2.24, 2.45) is 11.8 Å². The Balaban J connectivity index is 2.07. The average molecular weight is 263 g/mol. The number of fused-ring (bicyclic) bond motifs is 1. The number of aryl methyl sites for hydroxylation is 2. The van der Waals surface area contributed by atoms with Gasteiger partial charge in [0.25, 0.3) is 0 Å². The van der Waals surface area contributed by atoms with Crippen LogP contribution in [0.15, 0.2) is 0 Å². The van der Waals surface area contributed by atoms with Gasteiger partial charge in [0.1, 0.15) is 5.92 Å². The van der Waals surface area contributed by atoms with Crippen molar-refractivity contribution in [3.05, 3.63) is 10.6 Å². The molecule has 1 unspecified atom stereocenters. The second-order valence-corrected chi connectivity index (χ2v) is 6.02. The number of anilines is 1. The van der Waals surface area contributed by atoms with Crippen molar-refractivity contribution >= 4 is 22.4 Å². The van der Waals surface area contributed by atoms with Crippen molar-refractivity contribution in [3.8, 4) is 6.07 Å². The van der Waals surface area contributed by atoms with E-state index in [4.69, 9.17) is 5.26 Å². The Bertz CT molecular complexity index is 463. The second-order valence-electron chi connectivity index (χ2n) is 4.94. The van der Waals surface area contributed by atoms with E-state index in [2.05, 4.69) is 10.3 Å². The highest BCUT2D eigenvalue weighted by molar-refractivity contribution is 7.15. The lowest BCUT2D eigenvalue weighted by Gasteiger charge is -2.11. The maximum absolute atomic E-state index is 11.9. The Hall–Kier alpha value is -1.41. The number of hydrogen-bond acceptors (Lipinski definition) is 4. The maximum Gasteiger partial charge on any atom is 0.243 e. The first kappa shape index (κ1) is 13.0. The number of nitriles is 1. The fourth-order valence-corrected chi connectivity index (χ4v) is 3.15. The van der Waals surface area contributed by atoms with E-state index in [0.29, 0.717) is 5.13 Å². The van der Waals surface area contributed by atoms with Gasteiger partial charge in [-0.05, 0) is 31.6 Å². The molecule has 4 nitrogen and oxygen atoms in total. The quantitative estimate of drug-likeness (QED) is 0.911. The highest BCUT2D eigenvalue weighted by Gasteiger charge is 2.23. The smallest absolute Gasteiger partial charge is 0.243 e. The first-order valence-corrected chi connectivity index (χ1v) is 7.12. The van der Waals surface area contributed by atoms with E-state index < -0.39 is 5.92 Å². The molecular weight excluding hydrogens is 246 g/mol. The molecule has 1 heterocycles. The minimum absolute atomic E-state index is 0.0181. The van der Waals surface area contributed by atoms with Gasteiger partial charge in [0, 0.05) is 4.88 Å². The zero-order chi connectivity index (χ0) is 13.1. The minimum atomic E-state index is -0.606. The van der Waals surface area contributed by atoms with Crippen LogP contribution in [-0.4, -0.2) is 10.9 Å². The first-order valence-electron chi connectivity index (χ1n) is 6.31. The zero-order valence-electron chi connectivity index (χ0n) is 10.7. The van der Waals surface area contributed by atoms with Crippen molar-refractivity contribution < 1.29 is 4.79 Å². The summed E-state index contributed by atoms with van der Waals surface area (Å²) in [5.74, 6) is -0.825. The van der Waals surface area contributed by atoms with Crippen LogP contribution >= 0.6 is 11.3 Å². The van der Waals surface area contributed by atoms with E-state index in [9.17, 15) is 4.79 Å². The van der Waals surface area contributed by atoms with Crippen molar-refractivity contribution in [2.45, 2.75) is 39.5 Å². The van der Waals surface area contributed by atoms with Crippen molar-refractivity contribution in [3.63, 3.8) is 0 Å². The molecule has 1 amide bonds. The van der Waals surface area contributed by atoms with Gasteiger partial charge in [-0.3, -0.25) is 4.79 Å². The molecule has 1 aliphatic carbocycles. The monoisotopic (exact) mass is 263 g/mol. The molecule has 0 aliphatic heterocycles. The molecule has 0 radical (unpaired) electrons. The Morgan fingerprint density at radius 1 is 1.44 bits per heavy atom. The molecule has 1 aromatic rings. The molecule has 2 rings (SSSR count). The predicted octanol–water partition coefficient (Wildman–Crippen LogP) is 2.76. The highest BCUT2D eigenvalue weighted by Crippen LogP contribution is 2.29. The number of hydrogen-bond donors (Lipinski definition) is 1. The molecule has 1 atom stereocenters. The molecule has 18 heavy (non-hydrogen) atoms. The molecule has 1 aliphatic rings. The summed E-state index contributed by atoms with van der Waals surface area (Å²) < 4.78 is 0. The van der Waals surface area contributed by atoms with Crippen molar-refractivity contribution in [1.29, 1.82) is 5.26 Å². The zero-order valence-corrected chi connectivity index (χ0v) is 11.5. The van der Waals surface area contributed by atoms with Crippen molar-refractivity contribution in [1.82, 2.24) is 4.98 Å². The number of nitrogens with zero attached hydrogens (tertiary/aromatic N) is 2. The molecule has 0 saturated carbocycles. The average Bonchev–Trinajstić information content (AvgIpc) is 2.71. The molecule has 96 valence electrons. The Morgan fingerprint density at radius 2 is 2.17 bits per heavy atom. The fourth-order valence-electron chi connectivity index (χ4n) is 2.10. The maximum atomic E-state index is 11.9. The molecule has 0 spiro atoms. The Labute approximate surface area is 111 Å². The van der Waals surface area contributed by atoms with Gasteiger partial charge in [0.2, 0.25) is 5.91 Å². The third-order valence-electron chi connectivity index (χ3n) is 3.16. The molecule has 0 bridgehead atoms. The molecule has 0 aromatic carbocycles. The topological polar surface area (TPSA) is 65.8 Å². The van der Waals surface area contributed by atoms with Gasteiger partial charge in [-0.2, -0.15) is 5.26 Å². The number of amides is 1. The Kier molecular flexibility index (Phi) is 3.97. The van der Waals surface area contributed by atoms with Gasteiger partial charge in [-0.1, -0.05) is 13.8 Å². The van der Waals surface area contributed by atoms with Crippen molar-refractivity contribution in [2.75, 3.05) is 5.32 Å². The highest BCUT2D eigenvalue weighted by atomic mass is 32.1. The number of aromatic nitrogens is 1. The van der Waals surface area contributed by atoms with E-state index in [0.717, 1.165) is 18.5 Å². The number of rotatable bonds is 3. The van der Waals surface area contributed by atoms with E-state index >= 15 is 0 Å². The van der Waals surface area contributed by atoms with E-state index in [1.807, 2.05) is 19.9 Å². The molecule has 0 fully saturated rings. The third-order valence-corrected chi connectivity index (χ3v) is 4.24. The summed E-state index contributed by atoms with van der Waals surface area (Å²) in [7, 11) is 0. The molecule has 1 aromatic heterocycles. The second kappa shape index (κ2) is 5.49. The molecular formula is C13H17N3OS. The largest absolute Gasteiger partial charge is 0.301 e. The van der Waals surface area contributed by atoms with Gasteiger partial charge in [0.15, 0.2) is 5.13 Å². The van der Waals surface area contributed by atoms with E-state index in [-0.39, 0.29) is 11.8 Å². The number of carbonyl (C=O) groups is 1. The van der Waals surface area contributed by atoms with Gasteiger partial charge in [0.05, 0.1) is 11.8 Å². The van der Waals surface area contributed by atoms with Crippen LogP contribution in [0.1, 0.15) is 37.3 Å². The van der Waals surface area contributed by atoms with Gasteiger partial charge < -0.3 is 5.32 Å². The van der Waals surface area contributed by atoms with Crippen LogP contribution < -0.4 is 5.32 Å². The summed E-state index contributed by atoms with van der Waals surface area (Å²) in [5, 5.41) is 12.4. The number of nitrogens with one attached hydrogen (secondary N) is 1. The number of thiazole rings is 1.